The van der Waals surface area contributed by atoms with Crippen LogP contribution in [-0.4, -0.2) is 73.5 Å². The van der Waals surface area contributed by atoms with E-state index in [-0.39, 0.29) is 6.10 Å². The summed E-state index contributed by atoms with van der Waals surface area (Å²) in [4.78, 5) is 13.5. The fourth-order valence-corrected chi connectivity index (χ4v) is 3.20. The van der Waals surface area contributed by atoms with Gasteiger partial charge in [-0.2, -0.15) is 0 Å². The molecule has 0 aromatic carbocycles. The van der Waals surface area contributed by atoms with Crippen molar-refractivity contribution in [2.45, 2.75) is 13.0 Å². The van der Waals surface area contributed by atoms with Gasteiger partial charge >= 0.3 is 0 Å². The normalized spacial score (nSPS) is 24.3. The third-order valence-electron chi connectivity index (χ3n) is 3.85. The number of halogens is 1. The standard InChI is InChI=1S/C14H21BrN4O2/c1-11-16-8-13(15)14(17-11)19-4-7-21-12(10-19)9-18-2-5-20-6-3-18/h8,12H,2-7,9-10H2,1H3. The molecule has 0 bridgehead atoms. The van der Waals surface area contributed by atoms with E-state index in [0.29, 0.717) is 0 Å². The molecule has 0 amide bonds. The Hall–Kier alpha value is -0.760. The minimum absolute atomic E-state index is 0.221. The van der Waals surface area contributed by atoms with Crippen molar-refractivity contribution in [2.24, 2.45) is 0 Å². The van der Waals surface area contributed by atoms with Crippen LogP contribution in [0.2, 0.25) is 0 Å². The topological polar surface area (TPSA) is 50.7 Å². The smallest absolute Gasteiger partial charge is 0.146 e. The Labute approximate surface area is 133 Å². The highest BCUT2D eigenvalue weighted by Crippen LogP contribution is 2.25. The van der Waals surface area contributed by atoms with Crippen LogP contribution in [-0.2, 0) is 9.47 Å². The monoisotopic (exact) mass is 356 g/mol. The molecule has 1 atom stereocenters. The molecule has 2 aliphatic heterocycles. The van der Waals surface area contributed by atoms with E-state index in [9.17, 15) is 0 Å². The van der Waals surface area contributed by atoms with Crippen molar-refractivity contribution >= 4 is 21.7 Å². The molecule has 7 heteroatoms. The summed E-state index contributed by atoms with van der Waals surface area (Å²) in [5.41, 5.74) is 0. The third-order valence-corrected chi connectivity index (χ3v) is 4.41. The zero-order chi connectivity index (χ0) is 14.7. The maximum Gasteiger partial charge on any atom is 0.146 e. The molecule has 1 aromatic rings. The molecule has 2 saturated heterocycles. The summed E-state index contributed by atoms with van der Waals surface area (Å²) in [5, 5.41) is 0. The van der Waals surface area contributed by atoms with Gasteiger partial charge in [-0.3, -0.25) is 4.90 Å². The second-order valence-electron chi connectivity index (χ2n) is 5.44. The molecular formula is C14H21BrN4O2. The SMILES string of the molecule is Cc1ncc(Br)c(N2CCOC(CN3CCOCC3)C2)n1. The maximum absolute atomic E-state index is 5.92. The summed E-state index contributed by atoms with van der Waals surface area (Å²) in [7, 11) is 0. The number of aryl methyl sites for hydroxylation is 1. The molecule has 0 spiro atoms. The first-order valence-corrected chi connectivity index (χ1v) is 8.17. The first-order chi connectivity index (χ1) is 10.2. The van der Waals surface area contributed by atoms with Gasteiger partial charge in [0.2, 0.25) is 0 Å². The van der Waals surface area contributed by atoms with E-state index in [1.165, 1.54) is 0 Å². The zero-order valence-electron chi connectivity index (χ0n) is 12.3. The highest BCUT2D eigenvalue weighted by atomic mass is 79.9. The van der Waals surface area contributed by atoms with Crippen LogP contribution in [0.25, 0.3) is 0 Å². The van der Waals surface area contributed by atoms with E-state index in [2.05, 4.69) is 35.7 Å². The predicted octanol–water partition coefficient (Wildman–Crippen LogP) is 1.08. The fourth-order valence-electron chi connectivity index (χ4n) is 2.76. The van der Waals surface area contributed by atoms with Crippen molar-refractivity contribution in [1.82, 2.24) is 14.9 Å². The lowest BCUT2D eigenvalue weighted by Gasteiger charge is -2.37. The average Bonchev–Trinajstić information content (AvgIpc) is 2.51. The molecule has 3 heterocycles. The van der Waals surface area contributed by atoms with Crippen molar-refractivity contribution in [2.75, 3.05) is 57.4 Å². The van der Waals surface area contributed by atoms with Gasteiger partial charge in [-0.05, 0) is 22.9 Å². The number of anilines is 1. The van der Waals surface area contributed by atoms with Gasteiger partial charge in [0.15, 0.2) is 0 Å². The van der Waals surface area contributed by atoms with E-state index < -0.39 is 0 Å². The molecule has 0 saturated carbocycles. The lowest BCUT2D eigenvalue weighted by atomic mass is 10.2. The molecule has 116 valence electrons. The third kappa shape index (κ3) is 3.91. The van der Waals surface area contributed by atoms with Crippen molar-refractivity contribution in [1.29, 1.82) is 0 Å². The number of aromatic nitrogens is 2. The van der Waals surface area contributed by atoms with Crippen LogP contribution in [0.15, 0.2) is 10.7 Å². The van der Waals surface area contributed by atoms with E-state index in [0.717, 1.165) is 68.7 Å². The Balaban J connectivity index is 1.63. The lowest BCUT2D eigenvalue weighted by Crippen LogP contribution is -2.50. The summed E-state index contributed by atoms with van der Waals surface area (Å²) >= 11 is 3.55. The van der Waals surface area contributed by atoms with E-state index >= 15 is 0 Å². The van der Waals surface area contributed by atoms with Crippen LogP contribution in [0.3, 0.4) is 0 Å². The number of morpholine rings is 2. The number of nitrogens with zero attached hydrogens (tertiary/aromatic N) is 4. The molecule has 0 radical (unpaired) electrons. The van der Waals surface area contributed by atoms with E-state index in [1.807, 2.05) is 13.1 Å². The van der Waals surface area contributed by atoms with Gasteiger partial charge in [-0.15, -0.1) is 0 Å². The first kappa shape index (κ1) is 15.1. The largest absolute Gasteiger partial charge is 0.379 e. The second-order valence-corrected chi connectivity index (χ2v) is 6.29. The summed E-state index contributed by atoms with van der Waals surface area (Å²) in [5.74, 6) is 1.77. The molecule has 3 rings (SSSR count). The Kier molecular flexibility index (Phi) is 5.05. The minimum Gasteiger partial charge on any atom is -0.379 e. The molecule has 0 N–H and O–H groups in total. The van der Waals surface area contributed by atoms with E-state index in [1.54, 1.807) is 0 Å². The Morgan fingerprint density at radius 1 is 1.29 bits per heavy atom. The van der Waals surface area contributed by atoms with Crippen LogP contribution >= 0.6 is 15.9 Å². The first-order valence-electron chi connectivity index (χ1n) is 7.38. The van der Waals surface area contributed by atoms with Crippen molar-refractivity contribution in [3.8, 4) is 0 Å². The van der Waals surface area contributed by atoms with Crippen LogP contribution in [0.4, 0.5) is 5.82 Å². The van der Waals surface area contributed by atoms with Crippen molar-refractivity contribution in [3.63, 3.8) is 0 Å². The van der Waals surface area contributed by atoms with Gasteiger partial charge in [-0.1, -0.05) is 0 Å². The van der Waals surface area contributed by atoms with Gasteiger partial charge in [0.1, 0.15) is 11.6 Å². The highest BCUT2D eigenvalue weighted by molar-refractivity contribution is 9.10. The second kappa shape index (κ2) is 7.00. The van der Waals surface area contributed by atoms with Crippen molar-refractivity contribution in [3.05, 3.63) is 16.5 Å². The Morgan fingerprint density at radius 2 is 2.10 bits per heavy atom. The van der Waals surface area contributed by atoms with Crippen LogP contribution in [0.1, 0.15) is 5.82 Å². The maximum atomic E-state index is 5.92. The summed E-state index contributed by atoms with van der Waals surface area (Å²) in [6.07, 6.45) is 2.04. The molecule has 0 aliphatic carbocycles. The van der Waals surface area contributed by atoms with Crippen molar-refractivity contribution < 1.29 is 9.47 Å². The Morgan fingerprint density at radius 3 is 2.90 bits per heavy atom. The molecule has 21 heavy (non-hydrogen) atoms. The summed E-state index contributed by atoms with van der Waals surface area (Å²) in [6, 6.07) is 0. The van der Waals surface area contributed by atoms with Crippen LogP contribution in [0.5, 0.6) is 0 Å². The zero-order valence-corrected chi connectivity index (χ0v) is 13.9. The lowest BCUT2D eigenvalue weighted by molar-refractivity contribution is -0.0172. The molecule has 2 fully saturated rings. The van der Waals surface area contributed by atoms with Crippen LogP contribution < -0.4 is 4.90 Å². The van der Waals surface area contributed by atoms with Gasteiger partial charge in [0.05, 0.1) is 30.4 Å². The van der Waals surface area contributed by atoms with E-state index in [4.69, 9.17) is 9.47 Å². The highest BCUT2D eigenvalue weighted by Gasteiger charge is 2.25. The van der Waals surface area contributed by atoms with Gasteiger partial charge in [-0.25, -0.2) is 9.97 Å². The number of rotatable bonds is 3. The number of ether oxygens (including phenoxy) is 2. The van der Waals surface area contributed by atoms with Gasteiger partial charge < -0.3 is 14.4 Å². The van der Waals surface area contributed by atoms with Gasteiger partial charge in [0, 0.05) is 38.9 Å². The number of hydrogen-bond donors (Lipinski definition) is 0. The Bertz CT molecular complexity index is 482. The quantitative estimate of drug-likeness (QED) is 0.807. The molecule has 1 aromatic heterocycles. The fraction of sp³-hybridized carbons (Fsp3) is 0.714. The summed E-state index contributed by atoms with van der Waals surface area (Å²) in [6.45, 7) is 9.00. The molecular weight excluding hydrogens is 336 g/mol. The van der Waals surface area contributed by atoms with Crippen LogP contribution in [0, 0.1) is 6.92 Å². The molecule has 2 aliphatic rings. The molecule has 6 nitrogen and oxygen atoms in total. The molecule has 1 unspecified atom stereocenters. The average molecular weight is 357 g/mol. The minimum atomic E-state index is 0.221. The summed E-state index contributed by atoms with van der Waals surface area (Å²) < 4.78 is 12.3. The van der Waals surface area contributed by atoms with Gasteiger partial charge in [0.25, 0.3) is 0 Å². The predicted molar refractivity (Wildman–Crippen MR) is 83.7 cm³/mol. The number of hydrogen-bond acceptors (Lipinski definition) is 6.